The molecule has 1 saturated carbocycles. The van der Waals surface area contributed by atoms with Crippen LogP contribution in [0.25, 0.3) is 0 Å². The van der Waals surface area contributed by atoms with Crippen LogP contribution in [0.2, 0.25) is 0 Å². The number of ether oxygens (including phenoxy) is 1. The van der Waals surface area contributed by atoms with Crippen molar-refractivity contribution in [2.75, 3.05) is 40.4 Å². The Bertz CT molecular complexity index is 289. The molecule has 5 heteroatoms. The molecule has 1 amide bonds. The van der Waals surface area contributed by atoms with Gasteiger partial charge in [0, 0.05) is 13.1 Å². The number of likely N-dealkylation sites (N-methyl/N-ethyl adjacent to an activating group) is 1. The normalized spacial score (nSPS) is 26.2. The Kier molecular flexibility index (Phi) is 3.70. The first-order valence-electron chi connectivity index (χ1n) is 6.36. The molecule has 1 aliphatic carbocycles. The standard InChI is InChI=1S/C12H23N3O2/c1-10-13-12(4-5-12)11(16)15(10)7-9-17-8-6-14(2)3/h10,13H,4-9H2,1-3H3. The molecule has 1 unspecified atom stereocenters. The predicted octanol–water partition coefficient (Wildman–Crippen LogP) is -0.125. The lowest BCUT2D eigenvalue weighted by Gasteiger charge is -2.20. The minimum Gasteiger partial charge on any atom is -0.378 e. The molecule has 2 rings (SSSR count). The Morgan fingerprint density at radius 3 is 2.71 bits per heavy atom. The van der Waals surface area contributed by atoms with Crippen molar-refractivity contribution in [2.24, 2.45) is 0 Å². The van der Waals surface area contributed by atoms with Gasteiger partial charge in [-0.05, 0) is 33.9 Å². The van der Waals surface area contributed by atoms with Crippen LogP contribution in [0.5, 0.6) is 0 Å². The van der Waals surface area contributed by atoms with E-state index in [9.17, 15) is 4.79 Å². The molecule has 2 fully saturated rings. The average molecular weight is 241 g/mol. The van der Waals surface area contributed by atoms with Crippen LogP contribution >= 0.6 is 0 Å². The van der Waals surface area contributed by atoms with Gasteiger partial charge in [-0.15, -0.1) is 0 Å². The van der Waals surface area contributed by atoms with E-state index in [1.165, 1.54) is 0 Å². The van der Waals surface area contributed by atoms with E-state index in [1.54, 1.807) is 0 Å². The van der Waals surface area contributed by atoms with Crippen LogP contribution < -0.4 is 5.32 Å². The Balaban J connectivity index is 1.67. The molecule has 0 aromatic heterocycles. The van der Waals surface area contributed by atoms with Crippen LogP contribution in [0.1, 0.15) is 19.8 Å². The van der Waals surface area contributed by atoms with Crippen LogP contribution in [-0.2, 0) is 9.53 Å². The van der Waals surface area contributed by atoms with Gasteiger partial charge in [0.15, 0.2) is 0 Å². The number of carbonyl (C=O) groups excluding carboxylic acids is 1. The summed E-state index contributed by atoms with van der Waals surface area (Å²) >= 11 is 0. The highest BCUT2D eigenvalue weighted by atomic mass is 16.5. The molecule has 5 nitrogen and oxygen atoms in total. The summed E-state index contributed by atoms with van der Waals surface area (Å²) in [6.45, 7) is 5.02. The van der Waals surface area contributed by atoms with Gasteiger partial charge in [0.2, 0.25) is 5.91 Å². The van der Waals surface area contributed by atoms with E-state index in [4.69, 9.17) is 4.74 Å². The maximum Gasteiger partial charge on any atom is 0.244 e. The maximum atomic E-state index is 12.1. The van der Waals surface area contributed by atoms with Gasteiger partial charge in [0.25, 0.3) is 0 Å². The first-order valence-corrected chi connectivity index (χ1v) is 6.36. The molecule has 0 aromatic rings. The molecule has 1 saturated heterocycles. The summed E-state index contributed by atoms with van der Waals surface area (Å²) in [5, 5.41) is 3.38. The fourth-order valence-corrected chi connectivity index (χ4v) is 2.28. The zero-order valence-corrected chi connectivity index (χ0v) is 11.0. The number of nitrogens with zero attached hydrogens (tertiary/aromatic N) is 2. The number of carbonyl (C=O) groups is 1. The van der Waals surface area contributed by atoms with Crippen molar-refractivity contribution in [3.8, 4) is 0 Å². The van der Waals surface area contributed by atoms with Gasteiger partial charge in [-0.1, -0.05) is 0 Å². The molecule has 1 aliphatic heterocycles. The number of amides is 1. The van der Waals surface area contributed by atoms with Crippen molar-refractivity contribution >= 4 is 5.91 Å². The molecule has 2 aliphatic rings. The van der Waals surface area contributed by atoms with Gasteiger partial charge in [-0.2, -0.15) is 0 Å². The molecule has 1 atom stereocenters. The second-order valence-corrected chi connectivity index (χ2v) is 5.32. The van der Waals surface area contributed by atoms with Crippen molar-refractivity contribution in [3.05, 3.63) is 0 Å². The minimum absolute atomic E-state index is 0.155. The van der Waals surface area contributed by atoms with E-state index in [2.05, 4.69) is 10.2 Å². The van der Waals surface area contributed by atoms with Gasteiger partial charge < -0.3 is 14.5 Å². The summed E-state index contributed by atoms with van der Waals surface area (Å²) < 4.78 is 5.53. The molecule has 1 spiro atoms. The second kappa shape index (κ2) is 4.92. The van der Waals surface area contributed by atoms with Crippen molar-refractivity contribution in [3.63, 3.8) is 0 Å². The summed E-state index contributed by atoms with van der Waals surface area (Å²) in [6, 6.07) is 0. The lowest BCUT2D eigenvalue weighted by molar-refractivity contribution is -0.131. The molecular formula is C12H23N3O2. The largest absolute Gasteiger partial charge is 0.378 e. The van der Waals surface area contributed by atoms with E-state index in [-0.39, 0.29) is 17.6 Å². The minimum atomic E-state index is -0.191. The quantitative estimate of drug-likeness (QED) is 0.658. The summed E-state index contributed by atoms with van der Waals surface area (Å²) in [6.07, 6.45) is 2.14. The van der Waals surface area contributed by atoms with Crippen LogP contribution in [-0.4, -0.2) is 67.8 Å². The van der Waals surface area contributed by atoms with E-state index >= 15 is 0 Å². The monoisotopic (exact) mass is 241 g/mol. The third-order valence-electron chi connectivity index (χ3n) is 3.53. The van der Waals surface area contributed by atoms with Crippen molar-refractivity contribution in [1.29, 1.82) is 0 Å². The number of hydrogen-bond acceptors (Lipinski definition) is 4. The van der Waals surface area contributed by atoms with Crippen LogP contribution in [0.15, 0.2) is 0 Å². The van der Waals surface area contributed by atoms with Crippen LogP contribution in [0, 0.1) is 0 Å². The first-order chi connectivity index (χ1) is 8.05. The van der Waals surface area contributed by atoms with Crippen molar-refractivity contribution in [2.45, 2.75) is 31.5 Å². The second-order valence-electron chi connectivity index (χ2n) is 5.32. The van der Waals surface area contributed by atoms with Gasteiger partial charge in [-0.25, -0.2) is 0 Å². The van der Waals surface area contributed by atoms with Crippen molar-refractivity contribution in [1.82, 2.24) is 15.1 Å². The van der Waals surface area contributed by atoms with Crippen LogP contribution in [0.3, 0.4) is 0 Å². The maximum absolute atomic E-state index is 12.1. The molecule has 0 radical (unpaired) electrons. The fraction of sp³-hybridized carbons (Fsp3) is 0.917. The van der Waals surface area contributed by atoms with E-state index < -0.39 is 0 Å². The lowest BCUT2D eigenvalue weighted by atomic mass is 10.3. The van der Waals surface area contributed by atoms with Gasteiger partial charge in [0.1, 0.15) is 0 Å². The highest BCUT2D eigenvalue weighted by molar-refractivity contribution is 5.91. The highest BCUT2D eigenvalue weighted by Crippen LogP contribution is 2.41. The Hall–Kier alpha value is -0.650. The van der Waals surface area contributed by atoms with E-state index in [1.807, 2.05) is 25.9 Å². The lowest BCUT2D eigenvalue weighted by Crippen LogP contribution is -2.37. The molecule has 1 heterocycles. The Morgan fingerprint density at radius 2 is 2.18 bits per heavy atom. The topological polar surface area (TPSA) is 44.8 Å². The summed E-state index contributed by atoms with van der Waals surface area (Å²) in [4.78, 5) is 16.1. The highest BCUT2D eigenvalue weighted by Gasteiger charge is 2.57. The number of rotatable bonds is 6. The van der Waals surface area contributed by atoms with E-state index in [0.717, 1.165) is 26.0 Å². The predicted molar refractivity (Wildman–Crippen MR) is 65.6 cm³/mol. The number of hydrogen-bond donors (Lipinski definition) is 1. The molecule has 17 heavy (non-hydrogen) atoms. The molecule has 0 bridgehead atoms. The number of nitrogens with one attached hydrogen (secondary N) is 1. The molecule has 1 N–H and O–H groups in total. The third-order valence-corrected chi connectivity index (χ3v) is 3.53. The van der Waals surface area contributed by atoms with Gasteiger partial charge in [0.05, 0.1) is 24.9 Å². The van der Waals surface area contributed by atoms with E-state index in [0.29, 0.717) is 13.2 Å². The average Bonchev–Trinajstić information content (AvgIpc) is 2.98. The van der Waals surface area contributed by atoms with Crippen LogP contribution in [0.4, 0.5) is 0 Å². The molecule has 98 valence electrons. The fourth-order valence-electron chi connectivity index (χ4n) is 2.28. The SMILES string of the molecule is CC1NC2(CC2)C(=O)N1CCOCCN(C)C. The Morgan fingerprint density at radius 1 is 1.47 bits per heavy atom. The first kappa shape index (κ1) is 12.8. The van der Waals surface area contributed by atoms with Crippen molar-refractivity contribution < 1.29 is 9.53 Å². The summed E-state index contributed by atoms with van der Waals surface area (Å²) in [5.74, 6) is 0.265. The zero-order chi connectivity index (χ0) is 12.5. The van der Waals surface area contributed by atoms with Gasteiger partial charge >= 0.3 is 0 Å². The van der Waals surface area contributed by atoms with Gasteiger partial charge in [-0.3, -0.25) is 10.1 Å². The smallest absolute Gasteiger partial charge is 0.244 e. The molecule has 0 aromatic carbocycles. The zero-order valence-electron chi connectivity index (χ0n) is 11.0. The summed E-state index contributed by atoms with van der Waals surface area (Å²) in [7, 11) is 4.05. The molecular weight excluding hydrogens is 218 g/mol. The summed E-state index contributed by atoms with van der Waals surface area (Å²) in [5.41, 5.74) is -0.191. The third kappa shape index (κ3) is 2.78. The Labute approximate surface area is 103 Å².